The molecule has 0 saturated heterocycles. The van der Waals surface area contributed by atoms with Crippen molar-refractivity contribution in [2.45, 2.75) is 0 Å². The van der Waals surface area contributed by atoms with E-state index in [2.05, 4.69) is 8.36 Å². The molecule has 0 unspecified atom stereocenters. The van der Waals surface area contributed by atoms with Crippen LogP contribution in [0, 0.1) is 0 Å². The molecule has 0 spiro atoms. The molecule has 0 bridgehead atoms. The molecule has 1 aliphatic heterocycles. The van der Waals surface area contributed by atoms with Gasteiger partial charge in [-0.05, 0) is 17.3 Å². The highest BCUT2D eigenvalue weighted by Crippen LogP contribution is 2.19. The average Bonchev–Trinajstić information content (AvgIpc) is 2.34. The van der Waals surface area contributed by atoms with Gasteiger partial charge in [-0.1, -0.05) is 12.1 Å². The van der Waals surface area contributed by atoms with Crippen molar-refractivity contribution in [2.24, 2.45) is 8.36 Å². The van der Waals surface area contributed by atoms with E-state index in [4.69, 9.17) is 9.57 Å². The third-order valence-electron chi connectivity index (χ3n) is 2.01. The molecule has 1 aliphatic rings. The molecule has 5 nitrogen and oxygen atoms in total. The summed E-state index contributed by atoms with van der Waals surface area (Å²) in [6.45, 7) is 0.862. The van der Waals surface area contributed by atoms with E-state index in [1.807, 2.05) is 22.9 Å². The monoisotopic (exact) mass is 332 g/mol. The molecule has 0 atom stereocenters. The van der Waals surface area contributed by atoms with Crippen molar-refractivity contribution >= 4 is 34.5 Å². The molecule has 0 radical (unpaired) electrons. The highest BCUT2D eigenvalue weighted by Gasteiger charge is 2.19. The fourth-order valence-corrected chi connectivity index (χ4v) is 1.75. The molecular formula is C10H9IN2O3. The third kappa shape index (κ3) is 2.26. The van der Waals surface area contributed by atoms with Crippen LogP contribution in [0.15, 0.2) is 32.6 Å². The smallest absolute Gasteiger partial charge is 0.277 e. The van der Waals surface area contributed by atoms with Crippen molar-refractivity contribution < 1.29 is 14.7 Å². The fourth-order valence-electron chi connectivity index (χ4n) is 1.29. The van der Waals surface area contributed by atoms with E-state index in [-0.39, 0.29) is 5.75 Å². The van der Waals surface area contributed by atoms with Gasteiger partial charge >= 0.3 is 0 Å². The zero-order valence-electron chi connectivity index (χ0n) is 8.26. The highest BCUT2D eigenvalue weighted by atomic mass is 127. The van der Waals surface area contributed by atoms with Gasteiger partial charge in [-0.25, -0.2) is 3.21 Å². The Hall–Kier alpha value is -1.31. The van der Waals surface area contributed by atoms with E-state index in [1.54, 1.807) is 24.3 Å². The van der Waals surface area contributed by atoms with Gasteiger partial charge < -0.3 is 14.7 Å². The zero-order chi connectivity index (χ0) is 11.4. The Kier molecular flexibility index (Phi) is 3.60. The average molecular weight is 332 g/mol. The number of para-hydroxylation sites is 1. The molecule has 0 amide bonds. The van der Waals surface area contributed by atoms with Crippen LogP contribution in [-0.4, -0.2) is 29.9 Å². The lowest BCUT2D eigenvalue weighted by Gasteiger charge is -2.14. The molecule has 0 aromatic heterocycles. The minimum absolute atomic E-state index is 0.134. The minimum atomic E-state index is 0.134. The molecule has 6 heteroatoms. The molecule has 1 heterocycles. The van der Waals surface area contributed by atoms with E-state index in [0.29, 0.717) is 30.4 Å². The van der Waals surface area contributed by atoms with E-state index in [0.717, 1.165) is 0 Å². The van der Waals surface area contributed by atoms with Crippen molar-refractivity contribution in [1.82, 2.24) is 0 Å². The number of aromatic hydroxyl groups is 1. The standard InChI is InChI=1S/C10H9IN2O3/c11-12-9(10-13-16-6-5-15-10)7-3-1-2-4-8(7)14/h1-4,14H,5-6H2/b12-9+. The molecule has 0 aliphatic carbocycles. The first-order chi connectivity index (χ1) is 7.83. The fraction of sp³-hybridized carbons (Fsp3) is 0.200. The Labute approximate surface area is 106 Å². The summed E-state index contributed by atoms with van der Waals surface area (Å²) in [6.07, 6.45) is 0. The molecule has 16 heavy (non-hydrogen) atoms. The van der Waals surface area contributed by atoms with E-state index >= 15 is 0 Å². The van der Waals surface area contributed by atoms with Crippen molar-refractivity contribution in [2.75, 3.05) is 13.2 Å². The molecule has 2 rings (SSSR count). The normalized spacial score (nSPS) is 16.1. The van der Waals surface area contributed by atoms with Gasteiger partial charge in [0, 0.05) is 5.56 Å². The first-order valence-electron chi connectivity index (χ1n) is 4.63. The van der Waals surface area contributed by atoms with Gasteiger partial charge in [-0.3, -0.25) is 0 Å². The molecule has 1 N–H and O–H groups in total. The Balaban J connectivity index is 2.37. The number of phenolic OH excluding ortho intramolecular Hbond substituents is 1. The molecule has 84 valence electrons. The second-order valence-corrected chi connectivity index (χ2v) is 3.51. The molecular weight excluding hydrogens is 323 g/mol. The predicted octanol–water partition coefficient (Wildman–Crippen LogP) is 1.89. The molecule has 0 saturated carbocycles. The lowest BCUT2D eigenvalue weighted by molar-refractivity contribution is 0.0676. The molecule has 1 aromatic rings. The summed E-state index contributed by atoms with van der Waals surface area (Å²) in [4.78, 5) is 4.92. The van der Waals surface area contributed by atoms with Crippen molar-refractivity contribution in [1.29, 1.82) is 0 Å². The summed E-state index contributed by atoms with van der Waals surface area (Å²) in [7, 11) is 0. The number of ether oxygens (including phenoxy) is 1. The summed E-state index contributed by atoms with van der Waals surface area (Å²) in [5, 5.41) is 13.5. The SMILES string of the molecule is Oc1ccccc1/C(=N\I)C1=NOCCO1. The lowest BCUT2D eigenvalue weighted by Crippen LogP contribution is -2.24. The second-order valence-electron chi connectivity index (χ2n) is 3.03. The van der Waals surface area contributed by atoms with Gasteiger partial charge in [-0.15, -0.1) is 0 Å². The largest absolute Gasteiger partial charge is 0.507 e. The number of hydrogen-bond acceptors (Lipinski definition) is 5. The zero-order valence-corrected chi connectivity index (χ0v) is 10.4. The second kappa shape index (κ2) is 5.15. The Morgan fingerprint density at radius 3 is 2.81 bits per heavy atom. The van der Waals surface area contributed by atoms with Crippen LogP contribution in [0.25, 0.3) is 0 Å². The van der Waals surface area contributed by atoms with Crippen LogP contribution in [0.5, 0.6) is 5.75 Å². The van der Waals surface area contributed by atoms with Gasteiger partial charge in [0.25, 0.3) is 5.90 Å². The maximum absolute atomic E-state index is 9.71. The van der Waals surface area contributed by atoms with Gasteiger partial charge in [0.05, 0.1) is 22.9 Å². The molecule has 1 aromatic carbocycles. The number of rotatable bonds is 2. The van der Waals surface area contributed by atoms with Gasteiger partial charge in [-0.2, -0.15) is 0 Å². The van der Waals surface area contributed by atoms with Crippen LogP contribution in [0.1, 0.15) is 5.56 Å². The number of phenols is 1. The van der Waals surface area contributed by atoms with E-state index < -0.39 is 0 Å². The summed E-state index contributed by atoms with van der Waals surface area (Å²) in [6, 6.07) is 6.87. The number of nitrogens with zero attached hydrogens (tertiary/aromatic N) is 2. The van der Waals surface area contributed by atoms with Gasteiger partial charge in [0.1, 0.15) is 18.1 Å². The minimum Gasteiger partial charge on any atom is -0.507 e. The van der Waals surface area contributed by atoms with Crippen LogP contribution >= 0.6 is 22.9 Å². The maximum atomic E-state index is 9.71. The third-order valence-corrected chi connectivity index (χ3v) is 2.49. The summed E-state index contributed by atoms with van der Waals surface area (Å²) in [5.41, 5.74) is 1.04. The van der Waals surface area contributed by atoms with E-state index in [9.17, 15) is 5.11 Å². The summed E-state index contributed by atoms with van der Waals surface area (Å²) >= 11 is 1.83. The van der Waals surface area contributed by atoms with Crippen molar-refractivity contribution in [3.05, 3.63) is 29.8 Å². The van der Waals surface area contributed by atoms with Crippen molar-refractivity contribution in [3.63, 3.8) is 0 Å². The Morgan fingerprint density at radius 1 is 1.38 bits per heavy atom. The Morgan fingerprint density at radius 2 is 2.19 bits per heavy atom. The van der Waals surface area contributed by atoms with Crippen LogP contribution in [-0.2, 0) is 9.57 Å². The summed E-state index contributed by atoms with van der Waals surface area (Å²) < 4.78 is 9.35. The number of benzene rings is 1. The first-order valence-corrected chi connectivity index (χ1v) is 5.60. The highest BCUT2D eigenvalue weighted by molar-refractivity contribution is 14.1. The predicted molar refractivity (Wildman–Crippen MR) is 68.0 cm³/mol. The number of halogens is 1. The van der Waals surface area contributed by atoms with Crippen molar-refractivity contribution in [3.8, 4) is 5.75 Å². The van der Waals surface area contributed by atoms with Crippen LogP contribution in [0.2, 0.25) is 0 Å². The lowest BCUT2D eigenvalue weighted by atomic mass is 10.1. The maximum Gasteiger partial charge on any atom is 0.277 e. The number of oxime groups is 1. The van der Waals surface area contributed by atoms with Crippen LogP contribution in [0.3, 0.4) is 0 Å². The number of hydrogen-bond donors (Lipinski definition) is 1. The quantitative estimate of drug-likeness (QED) is 0.665. The molecule has 0 fully saturated rings. The van der Waals surface area contributed by atoms with Gasteiger partial charge in [0.15, 0.2) is 6.61 Å². The summed E-state index contributed by atoms with van der Waals surface area (Å²) in [5.74, 6) is 0.428. The first kappa shape index (κ1) is 11.2. The Bertz CT molecular complexity index is 445. The van der Waals surface area contributed by atoms with Gasteiger partial charge in [0.2, 0.25) is 0 Å². The van der Waals surface area contributed by atoms with E-state index in [1.165, 1.54) is 0 Å². The van der Waals surface area contributed by atoms with Crippen LogP contribution in [0.4, 0.5) is 0 Å². The topological polar surface area (TPSA) is 63.4 Å². The van der Waals surface area contributed by atoms with Crippen LogP contribution < -0.4 is 0 Å².